The maximum atomic E-state index is 12.3. The lowest BCUT2D eigenvalue weighted by molar-refractivity contribution is -0.142. The fourth-order valence-electron chi connectivity index (χ4n) is 2.49. The van der Waals surface area contributed by atoms with Crippen LogP contribution in [-0.4, -0.2) is 87.7 Å². The molecule has 26 heavy (non-hydrogen) atoms. The number of carbonyl (C=O) groups excluding carboxylic acids is 4. The molecular weight excluding hydrogens is 346 g/mol. The van der Waals surface area contributed by atoms with E-state index >= 15 is 0 Å². The maximum Gasteiger partial charge on any atom is 0.243 e. The zero-order valence-corrected chi connectivity index (χ0v) is 14.9. The van der Waals surface area contributed by atoms with Gasteiger partial charge in [0.15, 0.2) is 0 Å². The summed E-state index contributed by atoms with van der Waals surface area (Å²) in [4.78, 5) is 50.3. The first-order valence-corrected chi connectivity index (χ1v) is 8.31. The van der Waals surface area contributed by atoms with Crippen LogP contribution in [0.1, 0.15) is 26.7 Å². The molecule has 0 aromatic heterocycles. The summed E-state index contributed by atoms with van der Waals surface area (Å²) in [5.74, 6) is -2.47. The van der Waals surface area contributed by atoms with E-state index in [0.717, 1.165) is 4.90 Å². The van der Waals surface area contributed by atoms with E-state index in [1.54, 1.807) is 0 Å². The van der Waals surface area contributed by atoms with Crippen LogP contribution in [0.2, 0.25) is 0 Å². The molecule has 0 aromatic rings. The van der Waals surface area contributed by atoms with Gasteiger partial charge in [-0.15, -0.1) is 0 Å². The molecule has 11 heteroatoms. The van der Waals surface area contributed by atoms with Crippen LogP contribution >= 0.6 is 0 Å². The molecule has 1 saturated heterocycles. The quantitative estimate of drug-likeness (QED) is 0.306. The molecule has 1 fully saturated rings. The van der Waals surface area contributed by atoms with Gasteiger partial charge in [0.2, 0.25) is 23.6 Å². The van der Waals surface area contributed by atoms with Gasteiger partial charge in [-0.05, 0) is 20.3 Å². The number of carbonyl (C=O) groups is 4. The number of aliphatic hydroxyl groups excluding tert-OH is 2. The summed E-state index contributed by atoms with van der Waals surface area (Å²) in [6.07, 6.45) is -1.72. The van der Waals surface area contributed by atoms with Crippen LogP contribution < -0.4 is 16.8 Å². The number of hydrogen-bond donors (Lipinski definition) is 5. The van der Waals surface area contributed by atoms with Gasteiger partial charge in [0, 0.05) is 13.0 Å². The molecule has 4 amide bonds. The number of nitrogens with two attached hydrogens (primary N) is 2. The van der Waals surface area contributed by atoms with Crippen molar-refractivity contribution in [3.63, 3.8) is 0 Å². The molecule has 1 rings (SSSR count). The average Bonchev–Trinajstić information content (AvgIpc) is 2.72. The van der Waals surface area contributed by atoms with Crippen LogP contribution in [0.15, 0.2) is 0 Å². The van der Waals surface area contributed by atoms with Gasteiger partial charge < -0.3 is 36.8 Å². The molecule has 0 radical (unpaired) electrons. The number of aliphatic hydroxyl groups is 2. The third-order valence-electron chi connectivity index (χ3n) is 4.07. The van der Waals surface area contributed by atoms with E-state index < -0.39 is 48.6 Å². The monoisotopic (exact) mass is 373 g/mol. The van der Waals surface area contributed by atoms with Crippen molar-refractivity contribution < 1.29 is 29.4 Å². The lowest BCUT2D eigenvalue weighted by Crippen LogP contribution is -2.55. The molecule has 0 bridgehead atoms. The summed E-state index contributed by atoms with van der Waals surface area (Å²) in [7, 11) is 0. The van der Waals surface area contributed by atoms with Gasteiger partial charge in [0.1, 0.15) is 18.6 Å². The van der Waals surface area contributed by atoms with Crippen molar-refractivity contribution in [1.82, 2.24) is 15.1 Å². The highest BCUT2D eigenvalue weighted by Crippen LogP contribution is 2.10. The number of nitrogens with zero attached hydrogens (tertiary/aromatic N) is 2. The highest BCUT2D eigenvalue weighted by molar-refractivity contribution is 5.90. The second-order valence-electron chi connectivity index (χ2n) is 6.39. The van der Waals surface area contributed by atoms with Gasteiger partial charge in [-0.25, -0.2) is 0 Å². The van der Waals surface area contributed by atoms with Crippen LogP contribution in [0.5, 0.6) is 0 Å². The van der Waals surface area contributed by atoms with Crippen molar-refractivity contribution >= 4 is 23.6 Å². The topological polar surface area (TPSA) is 179 Å². The second kappa shape index (κ2) is 9.46. The number of nitrogens with one attached hydrogen (secondary N) is 1. The van der Waals surface area contributed by atoms with Crippen LogP contribution in [0.3, 0.4) is 0 Å². The summed E-state index contributed by atoms with van der Waals surface area (Å²) in [6.45, 7) is 2.37. The Balaban J connectivity index is 2.79. The standard InChI is InChI=1S/C15H27N5O6/c1-8(21)12(16)15(26)19-5-3-4-11(24)20(7-19)6-10(23)18-13(9(2)22)14(17)25/h8-9,12-13,21-22H,3-7,16H2,1-2H3,(H2,17,25)(H,18,23). The normalized spacial score (nSPS) is 20.0. The lowest BCUT2D eigenvalue weighted by atomic mass is 10.1. The van der Waals surface area contributed by atoms with Gasteiger partial charge in [0.05, 0.1) is 18.9 Å². The number of hydrogen-bond acceptors (Lipinski definition) is 7. The Kier molecular flexibility index (Phi) is 7.93. The molecule has 0 spiro atoms. The van der Waals surface area contributed by atoms with Crippen molar-refractivity contribution in [3.8, 4) is 0 Å². The molecule has 4 atom stereocenters. The minimum atomic E-state index is -1.29. The van der Waals surface area contributed by atoms with Gasteiger partial charge >= 0.3 is 0 Å². The Bertz CT molecular complexity index is 553. The van der Waals surface area contributed by atoms with E-state index in [-0.39, 0.29) is 25.5 Å². The Morgan fingerprint density at radius 3 is 2.35 bits per heavy atom. The van der Waals surface area contributed by atoms with E-state index in [1.807, 2.05) is 0 Å². The molecule has 1 aliphatic heterocycles. The maximum absolute atomic E-state index is 12.3. The lowest BCUT2D eigenvalue weighted by Gasteiger charge is -2.30. The van der Waals surface area contributed by atoms with Crippen molar-refractivity contribution in [2.75, 3.05) is 19.8 Å². The second-order valence-corrected chi connectivity index (χ2v) is 6.39. The fraction of sp³-hybridized carbons (Fsp3) is 0.733. The van der Waals surface area contributed by atoms with E-state index in [1.165, 1.54) is 18.7 Å². The van der Waals surface area contributed by atoms with Gasteiger partial charge in [-0.2, -0.15) is 0 Å². The highest BCUT2D eigenvalue weighted by Gasteiger charge is 2.31. The minimum Gasteiger partial charge on any atom is -0.391 e. The van der Waals surface area contributed by atoms with E-state index in [2.05, 4.69) is 5.32 Å². The third kappa shape index (κ3) is 5.93. The van der Waals surface area contributed by atoms with Crippen LogP contribution in [-0.2, 0) is 19.2 Å². The summed E-state index contributed by atoms with van der Waals surface area (Å²) in [5, 5.41) is 21.2. The predicted octanol–water partition coefficient (Wildman–Crippen LogP) is -3.55. The van der Waals surface area contributed by atoms with Crippen molar-refractivity contribution in [3.05, 3.63) is 0 Å². The molecule has 0 aromatic carbocycles. The van der Waals surface area contributed by atoms with Crippen molar-refractivity contribution in [2.24, 2.45) is 11.5 Å². The van der Waals surface area contributed by atoms with Gasteiger partial charge in [-0.1, -0.05) is 0 Å². The van der Waals surface area contributed by atoms with Crippen LogP contribution in [0.25, 0.3) is 0 Å². The Labute approximate surface area is 151 Å². The summed E-state index contributed by atoms with van der Waals surface area (Å²) in [5.41, 5.74) is 10.8. The predicted molar refractivity (Wildman–Crippen MR) is 90.0 cm³/mol. The first kappa shape index (κ1) is 21.8. The van der Waals surface area contributed by atoms with Crippen LogP contribution in [0.4, 0.5) is 0 Å². The first-order valence-electron chi connectivity index (χ1n) is 8.31. The molecular formula is C15H27N5O6. The summed E-state index contributed by atoms with van der Waals surface area (Å²) in [6, 6.07) is -2.42. The first-order chi connectivity index (χ1) is 12.0. The van der Waals surface area contributed by atoms with Gasteiger partial charge in [0.25, 0.3) is 0 Å². The third-order valence-corrected chi connectivity index (χ3v) is 4.07. The molecule has 0 saturated carbocycles. The summed E-state index contributed by atoms with van der Waals surface area (Å²) >= 11 is 0. The zero-order valence-electron chi connectivity index (χ0n) is 14.9. The molecule has 11 nitrogen and oxygen atoms in total. The molecule has 7 N–H and O–H groups in total. The number of primary amides is 1. The Hall–Kier alpha value is -2.24. The molecule has 1 aliphatic rings. The molecule has 0 aliphatic carbocycles. The average molecular weight is 373 g/mol. The van der Waals surface area contributed by atoms with E-state index in [0.29, 0.717) is 6.42 Å². The Morgan fingerprint density at radius 2 is 1.85 bits per heavy atom. The minimum absolute atomic E-state index is 0.136. The fourth-order valence-corrected chi connectivity index (χ4v) is 2.49. The van der Waals surface area contributed by atoms with Crippen LogP contribution in [0, 0.1) is 0 Å². The highest BCUT2D eigenvalue weighted by atomic mass is 16.3. The van der Waals surface area contributed by atoms with E-state index in [4.69, 9.17) is 11.5 Å². The van der Waals surface area contributed by atoms with Crippen molar-refractivity contribution in [2.45, 2.75) is 51.0 Å². The molecule has 4 unspecified atom stereocenters. The molecule has 1 heterocycles. The Morgan fingerprint density at radius 1 is 1.23 bits per heavy atom. The number of rotatable bonds is 7. The largest absolute Gasteiger partial charge is 0.391 e. The SMILES string of the molecule is CC(O)C(N)C(=O)N1CCCC(=O)N(CC(=O)NC(C(N)=O)C(C)O)C1. The zero-order chi connectivity index (χ0) is 20.0. The summed E-state index contributed by atoms with van der Waals surface area (Å²) < 4.78 is 0. The molecule has 148 valence electrons. The van der Waals surface area contributed by atoms with E-state index in [9.17, 15) is 29.4 Å². The number of amides is 4. The van der Waals surface area contributed by atoms with Crippen molar-refractivity contribution in [1.29, 1.82) is 0 Å². The van der Waals surface area contributed by atoms with Gasteiger partial charge in [-0.3, -0.25) is 19.2 Å². The smallest absolute Gasteiger partial charge is 0.243 e.